The number of nitrogens with zero attached hydrogens (tertiary/aromatic N) is 1. The number of carbonyl (C=O) groups is 1. The van der Waals surface area contributed by atoms with Crippen molar-refractivity contribution >= 4 is 11.7 Å². The third-order valence-corrected chi connectivity index (χ3v) is 2.01. The van der Waals surface area contributed by atoms with Crippen molar-refractivity contribution in [1.29, 1.82) is 0 Å². The molecule has 0 saturated heterocycles. The van der Waals surface area contributed by atoms with E-state index in [1.807, 2.05) is 0 Å². The molecule has 0 aliphatic carbocycles. The predicted molar refractivity (Wildman–Crippen MR) is 56.8 cm³/mol. The highest BCUT2D eigenvalue weighted by molar-refractivity contribution is 5.90. The van der Waals surface area contributed by atoms with Crippen LogP contribution < -0.4 is 4.74 Å². The van der Waals surface area contributed by atoms with Gasteiger partial charge in [0, 0.05) is 12.1 Å². The van der Waals surface area contributed by atoms with Gasteiger partial charge in [-0.1, -0.05) is 0 Å². The lowest BCUT2D eigenvalue weighted by Crippen LogP contribution is -2.06. The SMILES string of the molecule is O=C(Oc1ccc([N+](=O)[O-])cc1)c1ccoc1. The Kier molecular flexibility index (Phi) is 2.87. The number of nitro groups is 1. The first-order chi connectivity index (χ1) is 8.16. The van der Waals surface area contributed by atoms with E-state index in [9.17, 15) is 14.9 Å². The van der Waals surface area contributed by atoms with Gasteiger partial charge in [-0.2, -0.15) is 0 Å². The van der Waals surface area contributed by atoms with E-state index in [0.29, 0.717) is 0 Å². The van der Waals surface area contributed by atoms with Crippen LogP contribution in [0, 0.1) is 10.1 Å². The summed E-state index contributed by atoms with van der Waals surface area (Å²) in [5.41, 5.74) is 0.219. The van der Waals surface area contributed by atoms with E-state index in [1.165, 1.54) is 42.9 Å². The van der Waals surface area contributed by atoms with Crippen LogP contribution in [-0.2, 0) is 0 Å². The van der Waals surface area contributed by atoms with Gasteiger partial charge in [-0.25, -0.2) is 4.79 Å². The van der Waals surface area contributed by atoms with E-state index in [2.05, 4.69) is 0 Å². The molecule has 6 nitrogen and oxygen atoms in total. The highest BCUT2D eigenvalue weighted by atomic mass is 16.6. The zero-order valence-corrected chi connectivity index (χ0v) is 8.53. The summed E-state index contributed by atoms with van der Waals surface area (Å²) >= 11 is 0. The second-order valence-electron chi connectivity index (χ2n) is 3.15. The number of furan rings is 1. The lowest BCUT2D eigenvalue weighted by Gasteiger charge is -2.01. The van der Waals surface area contributed by atoms with Crippen LogP contribution in [0.2, 0.25) is 0 Å². The molecule has 0 N–H and O–H groups in total. The number of hydrogen-bond donors (Lipinski definition) is 0. The van der Waals surface area contributed by atoms with Gasteiger partial charge < -0.3 is 9.15 Å². The van der Waals surface area contributed by atoms with Gasteiger partial charge in [0.2, 0.25) is 0 Å². The molecule has 0 radical (unpaired) electrons. The van der Waals surface area contributed by atoms with Gasteiger partial charge in [0.25, 0.3) is 5.69 Å². The Morgan fingerprint density at radius 3 is 2.47 bits per heavy atom. The zero-order valence-electron chi connectivity index (χ0n) is 8.53. The minimum Gasteiger partial charge on any atom is -0.472 e. The Labute approximate surface area is 95.6 Å². The molecule has 1 aromatic carbocycles. The molecule has 0 unspecified atom stereocenters. The van der Waals surface area contributed by atoms with Crippen LogP contribution in [0.4, 0.5) is 5.69 Å². The monoisotopic (exact) mass is 233 g/mol. The topological polar surface area (TPSA) is 82.6 Å². The first kappa shape index (κ1) is 10.9. The summed E-state index contributed by atoms with van der Waals surface area (Å²) in [5, 5.41) is 10.4. The lowest BCUT2D eigenvalue weighted by molar-refractivity contribution is -0.384. The molecule has 0 aliphatic heterocycles. The van der Waals surface area contributed by atoms with E-state index in [0.717, 1.165) is 0 Å². The summed E-state index contributed by atoms with van der Waals surface area (Å²) in [5.74, 6) is -0.339. The Morgan fingerprint density at radius 2 is 1.94 bits per heavy atom. The van der Waals surface area contributed by atoms with Crippen molar-refractivity contribution in [1.82, 2.24) is 0 Å². The van der Waals surface area contributed by atoms with Crippen molar-refractivity contribution in [2.75, 3.05) is 0 Å². The van der Waals surface area contributed by atoms with Gasteiger partial charge in [0.05, 0.1) is 16.7 Å². The smallest absolute Gasteiger partial charge is 0.346 e. The quantitative estimate of drug-likeness (QED) is 0.352. The van der Waals surface area contributed by atoms with Crippen LogP contribution >= 0.6 is 0 Å². The van der Waals surface area contributed by atoms with Gasteiger partial charge in [0.1, 0.15) is 12.0 Å². The normalized spacial score (nSPS) is 9.88. The van der Waals surface area contributed by atoms with Gasteiger partial charge in [-0.3, -0.25) is 10.1 Å². The summed E-state index contributed by atoms with van der Waals surface area (Å²) < 4.78 is 9.71. The molecule has 2 aromatic rings. The number of benzene rings is 1. The largest absolute Gasteiger partial charge is 0.472 e. The fourth-order valence-corrected chi connectivity index (χ4v) is 1.18. The summed E-state index contributed by atoms with van der Waals surface area (Å²) in [4.78, 5) is 21.4. The van der Waals surface area contributed by atoms with E-state index in [-0.39, 0.29) is 17.0 Å². The maximum absolute atomic E-state index is 11.5. The zero-order chi connectivity index (χ0) is 12.3. The molecule has 0 amide bonds. The second-order valence-corrected chi connectivity index (χ2v) is 3.15. The number of nitro benzene ring substituents is 1. The van der Waals surface area contributed by atoms with E-state index < -0.39 is 10.9 Å². The molecule has 0 bridgehead atoms. The molecule has 0 aliphatic rings. The second kappa shape index (κ2) is 4.48. The molecule has 0 spiro atoms. The van der Waals surface area contributed by atoms with Crippen LogP contribution in [-0.4, -0.2) is 10.9 Å². The third kappa shape index (κ3) is 2.49. The molecule has 6 heteroatoms. The molecule has 2 rings (SSSR count). The molecule has 0 saturated carbocycles. The Bertz CT molecular complexity index is 529. The van der Waals surface area contributed by atoms with Crippen LogP contribution in [0.15, 0.2) is 47.3 Å². The molecule has 17 heavy (non-hydrogen) atoms. The highest BCUT2D eigenvalue weighted by Gasteiger charge is 2.11. The summed E-state index contributed by atoms with van der Waals surface area (Å²) in [6.45, 7) is 0. The van der Waals surface area contributed by atoms with Crippen LogP contribution in [0.5, 0.6) is 5.75 Å². The predicted octanol–water partition coefficient (Wildman–Crippen LogP) is 2.41. The van der Waals surface area contributed by atoms with Crippen molar-refractivity contribution in [3.05, 3.63) is 58.5 Å². The fraction of sp³-hybridized carbons (Fsp3) is 0. The van der Waals surface area contributed by atoms with E-state index in [1.54, 1.807) is 0 Å². The summed E-state index contributed by atoms with van der Waals surface area (Å²) in [7, 11) is 0. The molecule has 86 valence electrons. The molecule has 1 aromatic heterocycles. The molecular formula is C11H7NO5. The number of carbonyl (C=O) groups excluding carboxylic acids is 1. The minimum absolute atomic E-state index is 0.0619. The van der Waals surface area contributed by atoms with Crippen molar-refractivity contribution in [2.24, 2.45) is 0 Å². The van der Waals surface area contributed by atoms with Crippen LogP contribution in [0.1, 0.15) is 10.4 Å². The number of non-ortho nitro benzene ring substituents is 1. The van der Waals surface area contributed by atoms with Crippen molar-refractivity contribution < 1.29 is 18.9 Å². The average molecular weight is 233 g/mol. The molecule has 0 fully saturated rings. The fourth-order valence-electron chi connectivity index (χ4n) is 1.18. The van der Waals surface area contributed by atoms with Crippen LogP contribution in [0.3, 0.4) is 0 Å². The summed E-state index contributed by atoms with van der Waals surface area (Å²) in [6.07, 6.45) is 2.61. The molecule has 1 heterocycles. The van der Waals surface area contributed by atoms with E-state index in [4.69, 9.17) is 9.15 Å². The van der Waals surface area contributed by atoms with Gasteiger partial charge >= 0.3 is 5.97 Å². The molecule has 0 atom stereocenters. The number of hydrogen-bond acceptors (Lipinski definition) is 5. The van der Waals surface area contributed by atoms with Gasteiger partial charge in [0.15, 0.2) is 0 Å². The average Bonchev–Trinajstić information content (AvgIpc) is 2.83. The Balaban J connectivity index is 2.09. The van der Waals surface area contributed by atoms with E-state index >= 15 is 0 Å². The maximum Gasteiger partial charge on any atom is 0.346 e. The molecular weight excluding hydrogens is 226 g/mol. The number of ether oxygens (including phenoxy) is 1. The van der Waals surface area contributed by atoms with Crippen LogP contribution in [0.25, 0.3) is 0 Å². The van der Waals surface area contributed by atoms with Crippen molar-refractivity contribution in [3.8, 4) is 5.75 Å². The first-order valence-electron chi connectivity index (χ1n) is 4.65. The highest BCUT2D eigenvalue weighted by Crippen LogP contribution is 2.18. The maximum atomic E-state index is 11.5. The lowest BCUT2D eigenvalue weighted by atomic mass is 10.3. The van der Waals surface area contributed by atoms with Gasteiger partial charge in [-0.05, 0) is 18.2 Å². The Morgan fingerprint density at radius 1 is 1.24 bits per heavy atom. The minimum atomic E-state index is -0.576. The first-order valence-corrected chi connectivity index (χ1v) is 4.65. The van der Waals surface area contributed by atoms with Gasteiger partial charge in [-0.15, -0.1) is 0 Å². The van der Waals surface area contributed by atoms with Crippen molar-refractivity contribution in [3.63, 3.8) is 0 Å². The number of esters is 1. The Hall–Kier alpha value is -2.63. The van der Waals surface area contributed by atoms with Crippen molar-refractivity contribution in [2.45, 2.75) is 0 Å². The number of rotatable bonds is 3. The third-order valence-electron chi connectivity index (χ3n) is 2.01. The summed E-state index contributed by atoms with van der Waals surface area (Å²) in [6, 6.07) is 6.70. The standard InChI is InChI=1S/C11H7NO5/c13-11(8-5-6-16-7-8)17-10-3-1-9(2-4-10)12(14)15/h1-7H.